The lowest BCUT2D eigenvalue weighted by Gasteiger charge is -2.16. The monoisotopic (exact) mass is 321 g/mol. The highest BCUT2D eigenvalue weighted by Crippen LogP contribution is 2.23. The first-order chi connectivity index (χ1) is 11.0. The Bertz CT molecular complexity index is 807. The van der Waals surface area contributed by atoms with Gasteiger partial charge in [-0.1, -0.05) is 20.3 Å². The van der Waals surface area contributed by atoms with Gasteiger partial charge < -0.3 is 0 Å². The average molecular weight is 321 g/mol. The second kappa shape index (κ2) is 6.76. The van der Waals surface area contributed by atoms with Gasteiger partial charge in [0, 0.05) is 13.1 Å². The summed E-state index contributed by atoms with van der Waals surface area (Å²) < 4.78 is 16.8. The van der Waals surface area contributed by atoms with E-state index in [9.17, 15) is 18.8 Å². The van der Waals surface area contributed by atoms with Gasteiger partial charge in [0.05, 0.1) is 11.0 Å². The van der Waals surface area contributed by atoms with Crippen LogP contribution in [0.25, 0.3) is 11.0 Å². The summed E-state index contributed by atoms with van der Waals surface area (Å²) in [6.45, 7) is 3.70. The minimum atomic E-state index is -0.853. The van der Waals surface area contributed by atoms with Crippen molar-refractivity contribution < 1.29 is 14.0 Å². The number of aromatic nitrogens is 2. The Labute approximate surface area is 132 Å². The molecule has 0 aliphatic carbocycles. The molecule has 0 bridgehead atoms. The van der Waals surface area contributed by atoms with Crippen LogP contribution in [0.15, 0.2) is 16.9 Å². The third-order valence-corrected chi connectivity index (χ3v) is 4.02. The lowest BCUT2D eigenvalue weighted by molar-refractivity contribution is -0.128. The topological polar surface area (TPSA) is 73.1 Å². The number of aryl methyl sites for hydroxylation is 2. The Kier molecular flexibility index (Phi) is 4.98. The largest absolute Gasteiger partial charge is 0.329 e. The third-order valence-electron chi connectivity index (χ3n) is 4.02. The number of benzene rings is 1. The van der Waals surface area contributed by atoms with Crippen molar-refractivity contribution in [2.45, 2.75) is 39.2 Å². The summed E-state index contributed by atoms with van der Waals surface area (Å²) in [7, 11) is 1.58. The van der Waals surface area contributed by atoms with Crippen molar-refractivity contribution in [1.82, 2.24) is 14.5 Å². The van der Waals surface area contributed by atoms with Gasteiger partial charge in [-0.05, 0) is 24.5 Å². The molecule has 0 saturated carbocycles. The minimum Gasteiger partial charge on any atom is -0.297 e. The molecule has 1 heterocycles. The number of hydrogen-bond acceptors (Lipinski definition) is 3. The van der Waals surface area contributed by atoms with E-state index < -0.39 is 23.5 Å². The van der Waals surface area contributed by atoms with Crippen molar-refractivity contribution in [2.24, 2.45) is 7.05 Å². The number of nitrogens with one attached hydrogen (secondary N) is 1. The maximum Gasteiger partial charge on any atom is 0.329 e. The molecular weight excluding hydrogens is 301 g/mol. The Morgan fingerprint density at radius 3 is 2.61 bits per heavy atom. The zero-order valence-corrected chi connectivity index (χ0v) is 13.4. The van der Waals surface area contributed by atoms with E-state index in [1.807, 2.05) is 13.8 Å². The van der Waals surface area contributed by atoms with Gasteiger partial charge in [-0.15, -0.1) is 0 Å². The summed E-state index contributed by atoms with van der Waals surface area (Å²) >= 11 is 0. The van der Waals surface area contributed by atoms with Crippen molar-refractivity contribution in [1.29, 1.82) is 0 Å². The van der Waals surface area contributed by atoms with Crippen molar-refractivity contribution in [2.75, 3.05) is 0 Å². The maximum atomic E-state index is 14.2. The van der Waals surface area contributed by atoms with Crippen molar-refractivity contribution >= 4 is 23.4 Å². The van der Waals surface area contributed by atoms with E-state index in [4.69, 9.17) is 0 Å². The molecule has 0 spiro atoms. The summed E-state index contributed by atoms with van der Waals surface area (Å²) in [5, 5.41) is 2.09. The number of rotatable bonds is 6. The number of imide groups is 1. The van der Waals surface area contributed by atoms with Gasteiger partial charge in [-0.2, -0.15) is 0 Å². The van der Waals surface area contributed by atoms with Crippen molar-refractivity contribution in [3.63, 3.8) is 0 Å². The van der Waals surface area contributed by atoms with Crippen LogP contribution in [0.1, 0.15) is 38.3 Å². The van der Waals surface area contributed by atoms with Gasteiger partial charge in [0.25, 0.3) is 0 Å². The van der Waals surface area contributed by atoms with Gasteiger partial charge in [0.15, 0.2) is 0 Å². The van der Waals surface area contributed by atoms with Crippen molar-refractivity contribution in [3.05, 3.63) is 34.0 Å². The summed E-state index contributed by atoms with van der Waals surface area (Å²) in [6.07, 6.45) is 1.80. The molecule has 0 aliphatic rings. The number of halogens is 1. The van der Waals surface area contributed by atoms with Crippen LogP contribution in [-0.2, 0) is 23.1 Å². The first-order valence-corrected chi connectivity index (χ1v) is 7.59. The molecule has 124 valence electrons. The van der Waals surface area contributed by atoms with E-state index in [0.29, 0.717) is 35.9 Å². The minimum absolute atomic E-state index is 0.289. The van der Waals surface area contributed by atoms with E-state index >= 15 is 0 Å². The van der Waals surface area contributed by atoms with E-state index in [1.54, 1.807) is 13.1 Å². The average Bonchev–Trinajstić information content (AvgIpc) is 2.75. The molecule has 23 heavy (non-hydrogen) atoms. The van der Waals surface area contributed by atoms with Gasteiger partial charge in [0.2, 0.25) is 12.3 Å². The van der Waals surface area contributed by atoms with Gasteiger partial charge >= 0.3 is 5.69 Å². The van der Waals surface area contributed by atoms with Gasteiger partial charge in [-0.25, -0.2) is 9.18 Å². The molecule has 1 N–H and O–H groups in total. The molecule has 0 saturated heterocycles. The first-order valence-electron chi connectivity index (χ1n) is 7.59. The van der Waals surface area contributed by atoms with Crippen molar-refractivity contribution in [3.8, 4) is 0 Å². The van der Waals surface area contributed by atoms with Crippen LogP contribution in [-0.4, -0.2) is 21.5 Å². The SMILES string of the molecule is CCCC(C(=O)NC=O)n1c(=O)n(C)c2cc(CC)c(F)cc21. The Morgan fingerprint density at radius 1 is 1.35 bits per heavy atom. The number of carbonyl (C=O) groups excluding carboxylic acids is 2. The molecule has 1 atom stereocenters. The number of carbonyl (C=O) groups is 2. The molecule has 0 fully saturated rings. The predicted molar refractivity (Wildman–Crippen MR) is 84.7 cm³/mol. The molecule has 6 nitrogen and oxygen atoms in total. The van der Waals surface area contributed by atoms with E-state index in [1.165, 1.54) is 15.2 Å². The number of amides is 2. The fourth-order valence-corrected chi connectivity index (χ4v) is 2.80. The zero-order valence-electron chi connectivity index (χ0n) is 13.4. The Balaban J connectivity index is 2.74. The van der Waals surface area contributed by atoms with E-state index in [0.717, 1.165) is 0 Å². The fourth-order valence-electron chi connectivity index (χ4n) is 2.80. The Hall–Kier alpha value is -2.44. The molecule has 2 amide bonds. The third kappa shape index (κ3) is 2.91. The molecule has 1 aromatic carbocycles. The molecule has 2 aromatic rings. The number of hydrogen-bond donors (Lipinski definition) is 1. The highest BCUT2D eigenvalue weighted by Gasteiger charge is 2.25. The van der Waals surface area contributed by atoms with E-state index in [2.05, 4.69) is 5.32 Å². The molecule has 0 aliphatic heterocycles. The summed E-state index contributed by atoms with van der Waals surface area (Å²) in [5.41, 5.74) is 1.02. The smallest absolute Gasteiger partial charge is 0.297 e. The van der Waals surface area contributed by atoms with Crippen LogP contribution in [0.5, 0.6) is 0 Å². The van der Waals surface area contributed by atoms with Crippen LogP contribution in [0.4, 0.5) is 4.39 Å². The molecule has 0 radical (unpaired) electrons. The molecule has 1 aromatic heterocycles. The predicted octanol–water partition coefficient (Wildman–Crippen LogP) is 1.66. The highest BCUT2D eigenvalue weighted by atomic mass is 19.1. The molecule has 1 unspecified atom stereocenters. The first kappa shape index (κ1) is 16.9. The van der Waals surface area contributed by atoms with Crippen LogP contribution in [0.3, 0.4) is 0 Å². The van der Waals surface area contributed by atoms with Crippen LogP contribution in [0.2, 0.25) is 0 Å². The molecular formula is C16H20FN3O3. The van der Waals surface area contributed by atoms with Crippen LogP contribution < -0.4 is 11.0 Å². The van der Waals surface area contributed by atoms with Gasteiger partial charge in [0.1, 0.15) is 11.9 Å². The van der Waals surface area contributed by atoms with Crippen LogP contribution >= 0.6 is 0 Å². The molecule has 2 rings (SSSR count). The lowest BCUT2D eigenvalue weighted by Crippen LogP contribution is -2.36. The number of nitrogens with zero attached hydrogens (tertiary/aromatic N) is 2. The second-order valence-electron chi connectivity index (χ2n) is 5.43. The van der Waals surface area contributed by atoms with Gasteiger partial charge in [-0.3, -0.25) is 24.0 Å². The molecule has 7 heteroatoms. The van der Waals surface area contributed by atoms with Crippen LogP contribution in [0, 0.1) is 5.82 Å². The van der Waals surface area contributed by atoms with E-state index in [-0.39, 0.29) is 6.41 Å². The summed E-state index contributed by atoms with van der Waals surface area (Å²) in [4.78, 5) is 35.3. The fraction of sp³-hybridized carbons (Fsp3) is 0.438. The summed E-state index contributed by atoms with van der Waals surface area (Å²) in [6, 6.07) is 2.06. The standard InChI is InChI=1S/C16H20FN3O3/c1-4-6-12(15(22)18-9-21)20-14-8-11(17)10(5-2)7-13(14)19(3)16(20)23/h7-9,12H,4-6H2,1-3H3,(H,18,21,22). The number of fused-ring (bicyclic) bond motifs is 1. The zero-order chi connectivity index (χ0) is 17.1. The normalized spacial score (nSPS) is 12.3. The maximum absolute atomic E-state index is 14.2. The lowest BCUT2D eigenvalue weighted by atomic mass is 10.1. The summed E-state index contributed by atoms with van der Waals surface area (Å²) in [5.74, 6) is -0.984. The second-order valence-corrected chi connectivity index (χ2v) is 5.43. The quantitative estimate of drug-likeness (QED) is 0.822. The highest BCUT2D eigenvalue weighted by molar-refractivity contribution is 5.90. The number of imidazole rings is 1. The Morgan fingerprint density at radius 2 is 2.04 bits per heavy atom.